The maximum atomic E-state index is 13.8. The fraction of sp³-hybridized carbons (Fsp3) is 0.273. The lowest BCUT2D eigenvalue weighted by Crippen LogP contribution is -1.97. The topological polar surface area (TPSA) is 74.2 Å². The molecule has 7 heteroatoms. The molecular formula is C11H9F2N3O2. The third-order valence-electron chi connectivity index (χ3n) is 2.75. The first-order valence-electron chi connectivity index (χ1n) is 5.37. The summed E-state index contributed by atoms with van der Waals surface area (Å²) >= 11 is 0. The minimum atomic E-state index is -0.780. The Labute approximate surface area is 101 Å². The molecule has 2 heterocycles. The molecule has 0 radical (unpaired) electrons. The summed E-state index contributed by atoms with van der Waals surface area (Å²) in [6, 6.07) is 0.807. The summed E-state index contributed by atoms with van der Waals surface area (Å²) in [7, 11) is 0. The van der Waals surface area contributed by atoms with Crippen LogP contribution in [0.2, 0.25) is 0 Å². The largest absolute Gasteiger partial charge is 0.492 e. The molecule has 0 fully saturated rings. The highest BCUT2D eigenvalue weighted by Crippen LogP contribution is 2.39. The van der Waals surface area contributed by atoms with Crippen LogP contribution in [0.4, 0.5) is 8.78 Å². The average molecular weight is 253 g/mol. The molecule has 1 aromatic heterocycles. The van der Waals surface area contributed by atoms with E-state index in [0.717, 1.165) is 6.07 Å². The van der Waals surface area contributed by atoms with Crippen LogP contribution in [0.3, 0.4) is 0 Å². The first-order chi connectivity index (χ1) is 8.70. The first kappa shape index (κ1) is 11.1. The highest BCUT2D eigenvalue weighted by atomic mass is 19.1. The van der Waals surface area contributed by atoms with Gasteiger partial charge in [-0.05, 0) is 0 Å². The molecule has 0 unspecified atom stereocenters. The third kappa shape index (κ3) is 1.55. The Morgan fingerprint density at radius 2 is 2.17 bits per heavy atom. The van der Waals surface area contributed by atoms with Crippen LogP contribution in [0.15, 0.2) is 10.6 Å². The molecule has 1 aromatic carbocycles. The van der Waals surface area contributed by atoms with E-state index in [1.807, 2.05) is 0 Å². The number of hydrogen-bond donors (Lipinski definition) is 1. The number of benzene rings is 1. The number of rotatable bonds is 2. The van der Waals surface area contributed by atoms with Crippen LogP contribution in [-0.4, -0.2) is 16.7 Å². The molecule has 0 saturated heterocycles. The summed E-state index contributed by atoms with van der Waals surface area (Å²) in [6.45, 7) is 0.364. The van der Waals surface area contributed by atoms with Crippen LogP contribution in [0, 0.1) is 11.6 Å². The fourth-order valence-electron chi connectivity index (χ4n) is 1.93. The van der Waals surface area contributed by atoms with Crippen LogP contribution in [0.5, 0.6) is 5.75 Å². The average Bonchev–Trinajstić information content (AvgIpc) is 2.97. The van der Waals surface area contributed by atoms with Crippen molar-refractivity contribution in [3.05, 3.63) is 29.2 Å². The van der Waals surface area contributed by atoms with Crippen LogP contribution < -0.4 is 10.5 Å². The predicted octanol–water partition coefficient (Wildman–Crippen LogP) is 1.41. The number of nitrogens with two attached hydrogens (primary N) is 1. The van der Waals surface area contributed by atoms with Crippen molar-refractivity contribution >= 4 is 0 Å². The zero-order chi connectivity index (χ0) is 12.7. The Kier molecular flexibility index (Phi) is 2.48. The number of fused-ring (bicyclic) bond motifs is 1. The monoisotopic (exact) mass is 253 g/mol. The van der Waals surface area contributed by atoms with Gasteiger partial charge in [0.1, 0.15) is 22.9 Å². The smallest absolute Gasteiger partial charge is 0.240 e. The van der Waals surface area contributed by atoms with Crippen LogP contribution >= 0.6 is 0 Å². The van der Waals surface area contributed by atoms with Crippen molar-refractivity contribution in [2.45, 2.75) is 13.0 Å². The van der Waals surface area contributed by atoms with Gasteiger partial charge >= 0.3 is 0 Å². The molecule has 2 N–H and O–H groups in total. The molecule has 1 aliphatic rings. The van der Waals surface area contributed by atoms with Crippen molar-refractivity contribution in [3.63, 3.8) is 0 Å². The van der Waals surface area contributed by atoms with Crippen LogP contribution in [-0.2, 0) is 13.0 Å². The summed E-state index contributed by atoms with van der Waals surface area (Å²) < 4.78 is 37.4. The van der Waals surface area contributed by atoms with E-state index in [1.165, 1.54) is 0 Å². The van der Waals surface area contributed by atoms with E-state index >= 15 is 0 Å². The summed E-state index contributed by atoms with van der Waals surface area (Å²) in [5.74, 6) is -1.05. The van der Waals surface area contributed by atoms with Gasteiger partial charge in [-0.25, -0.2) is 8.78 Å². The van der Waals surface area contributed by atoms with Gasteiger partial charge in [-0.3, -0.25) is 0 Å². The van der Waals surface area contributed by atoms with Crippen molar-refractivity contribution in [1.29, 1.82) is 0 Å². The number of halogens is 2. The predicted molar refractivity (Wildman–Crippen MR) is 56.7 cm³/mol. The van der Waals surface area contributed by atoms with Crippen molar-refractivity contribution < 1.29 is 18.0 Å². The summed E-state index contributed by atoms with van der Waals surface area (Å²) in [5, 5.41) is 3.62. The molecule has 3 rings (SSSR count). The first-order valence-corrected chi connectivity index (χ1v) is 5.37. The van der Waals surface area contributed by atoms with Gasteiger partial charge in [-0.1, -0.05) is 5.16 Å². The van der Waals surface area contributed by atoms with Gasteiger partial charge in [-0.15, -0.1) is 0 Å². The third-order valence-corrected chi connectivity index (χ3v) is 2.75. The summed E-state index contributed by atoms with van der Waals surface area (Å²) in [6.07, 6.45) is 0.399. The summed E-state index contributed by atoms with van der Waals surface area (Å²) in [5.41, 5.74) is 5.69. The highest BCUT2D eigenvalue weighted by molar-refractivity contribution is 5.68. The van der Waals surface area contributed by atoms with Gasteiger partial charge in [-0.2, -0.15) is 4.98 Å². The number of ether oxygens (including phenoxy) is 1. The van der Waals surface area contributed by atoms with Crippen molar-refractivity contribution in [1.82, 2.24) is 10.1 Å². The lowest BCUT2D eigenvalue weighted by Gasteiger charge is -2.06. The van der Waals surface area contributed by atoms with E-state index in [2.05, 4.69) is 10.1 Å². The molecule has 1 aliphatic heterocycles. The maximum absolute atomic E-state index is 13.8. The fourth-order valence-corrected chi connectivity index (χ4v) is 1.93. The van der Waals surface area contributed by atoms with Gasteiger partial charge in [0.25, 0.3) is 0 Å². The van der Waals surface area contributed by atoms with E-state index in [1.54, 1.807) is 0 Å². The Balaban J connectivity index is 2.20. The minimum absolute atomic E-state index is 0.0195. The van der Waals surface area contributed by atoms with Crippen LogP contribution in [0.25, 0.3) is 11.4 Å². The normalized spacial score (nSPS) is 13.5. The van der Waals surface area contributed by atoms with Gasteiger partial charge in [0.05, 0.1) is 13.2 Å². The van der Waals surface area contributed by atoms with E-state index in [-0.39, 0.29) is 29.6 Å². The zero-order valence-corrected chi connectivity index (χ0v) is 9.24. The standard InChI is InChI=1S/C11H9F2N3O2/c12-6-3-7(13)9(10-5(6)1-2-17-10)11-15-8(4-14)18-16-11/h3H,1-2,4,14H2. The van der Waals surface area contributed by atoms with Gasteiger partial charge in [0.15, 0.2) is 0 Å². The number of nitrogens with zero attached hydrogens (tertiary/aromatic N) is 2. The molecule has 2 aromatic rings. The molecule has 5 nitrogen and oxygen atoms in total. The lowest BCUT2D eigenvalue weighted by molar-refractivity contribution is 0.355. The van der Waals surface area contributed by atoms with Crippen molar-refractivity contribution in [3.8, 4) is 17.1 Å². The van der Waals surface area contributed by atoms with Gasteiger partial charge in [0.2, 0.25) is 11.7 Å². The lowest BCUT2D eigenvalue weighted by atomic mass is 10.1. The molecule has 0 bridgehead atoms. The Hall–Kier alpha value is -2.02. The molecule has 0 aliphatic carbocycles. The Morgan fingerprint density at radius 1 is 1.33 bits per heavy atom. The van der Waals surface area contributed by atoms with E-state index in [9.17, 15) is 8.78 Å². The van der Waals surface area contributed by atoms with Crippen LogP contribution in [0.1, 0.15) is 11.5 Å². The molecule has 0 spiro atoms. The van der Waals surface area contributed by atoms with E-state index < -0.39 is 11.6 Å². The van der Waals surface area contributed by atoms with Gasteiger partial charge in [0, 0.05) is 18.1 Å². The molecule has 0 amide bonds. The highest BCUT2D eigenvalue weighted by Gasteiger charge is 2.27. The van der Waals surface area contributed by atoms with Gasteiger partial charge < -0.3 is 15.0 Å². The number of hydrogen-bond acceptors (Lipinski definition) is 5. The van der Waals surface area contributed by atoms with Crippen molar-refractivity contribution in [2.24, 2.45) is 5.73 Å². The molecule has 94 valence electrons. The van der Waals surface area contributed by atoms with E-state index in [0.29, 0.717) is 18.6 Å². The Morgan fingerprint density at radius 3 is 2.89 bits per heavy atom. The second-order valence-corrected chi connectivity index (χ2v) is 3.84. The molecular weight excluding hydrogens is 244 g/mol. The maximum Gasteiger partial charge on any atom is 0.240 e. The number of aromatic nitrogens is 2. The van der Waals surface area contributed by atoms with Crippen molar-refractivity contribution in [2.75, 3.05) is 6.61 Å². The molecule has 0 saturated carbocycles. The molecule has 18 heavy (non-hydrogen) atoms. The zero-order valence-electron chi connectivity index (χ0n) is 9.24. The molecule has 0 atom stereocenters. The van der Waals surface area contributed by atoms with E-state index in [4.69, 9.17) is 15.0 Å². The Bertz CT molecular complexity index is 613. The minimum Gasteiger partial charge on any atom is -0.492 e. The summed E-state index contributed by atoms with van der Waals surface area (Å²) in [4.78, 5) is 3.92. The second kappa shape index (κ2) is 4.02. The quantitative estimate of drug-likeness (QED) is 0.875. The second-order valence-electron chi connectivity index (χ2n) is 3.84. The SMILES string of the molecule is NCc1nc(-c2c(F)cc(F)c3c2OCC3)no1.